The normalized spacial score (nSPS) is 24.5. The average molecular weight is 270 g/mol. The highest BCUT2D eigenvalue weighted by Gasteiger charge is 2.11. The predicted octanol–water partition coefficient (Wildman–Crippen LogP) is 1.91. The van der Waals surface area contributed by atoms with Crippen molar-refractivity contribution in [2.45, 2.75) is 44.8 Å². The van der Waals surface area contributed by atoms with Crippen molar-refractivity contribution in [3.63, 3.8) is 0 Å². The maximum absolute atomic E-state index is 10.4. The molecule has 0 saturated carbocycles. The first kappa shape index (κ1) is 15.6. The van der Waals surface area contributed by atoms with E-state index in [0.29, 0.717) is 6.61 Å². The predicted molar refractivity (Wildman–Crippen MR) is 70.2 cm³/mol. The standard InChI is InChI=1S/C8H12O3.C6H10O2/c1-7(9)11-6-8-4-2-3-5-10-8;7-5-6-3-1-2-4-8-6/h3,5,8H,2,4,6H2,1H3;2,4,6-7H,1,3,5H2. The highest BCUT2D eigenvalue weighted by Crippen LogP contribution is 2.10. The van der Waals surface area contributed by atoms with E-state index in [1.54, 1.807) is 12.5 Å². The zero-order chi connectivity index (χ0) is 13.9. The Labute approximate surface area is 113 Å². The van der Waals surface area contributed by atoms with Crippen molar-refractivity contribution < 1.29 is 24.1 Å². The third kappa shape index (κ3) is 7.51. The van der Waals surface area contributed by atoms with Crippen LogP contribution in [0.5, 0.6) is 0 Å². The number of aliphatic hydroxyl groups is 1. The Hall–Kier alpha value is -1.49. The van der Waals surface area contributed by atoms with Crippen molar-refractivity contribution in [2.75, 3.05) is 13.2 Å². The van der Waals surface area contributed by atoms with Crippen LogP contribution in [-0.2, 0) is 19.0 Å². The molecule has 2 unspecified atom stereocenters. The molecule has 2 atom stereocenters. The molecule has 0 aromatic heterocycles. The van der Waals surface area contributed by atoms with E-state index in [9.17, 15) is 4.79 Å². The summed E-state index contributed by atoms with van der Waals surface area (Å²) in [4.78, 5) is 10.4. The smallest absolute Gasteiger partial charge is 0.302 e. The molecule has 0 aromatic rings. The van der Waals surface area contributed by atoms with Crippen LogP contribution in [0.3, 0.4) is 0 Å². The fourth-order valence-electron chi connectivity index (χ4n) is 1.64. The summed E-state index contributed by atoms with van der Waals surface area (Å²) in [6.07, 6.45) is 11.3. The fraction of sp³-hybridized carbons (Fsp3) is 0.643. The molecular formula is C14H22O5. The molecule has 0 spiro atoms. The van der Waals surface area contributed by atoms with E-state index in [4.69, 9.17) is 19.3 Å². The highest BCUT2D eigenvalue weighted by atomic mass is 16.6. The van der Waals surface area contributed by atoms with Crippen LogP contribution >= 0.6 is 0 Å². The van der Waals surface area contributed by atoms with Crippen LogP contribution in [0.25, 0.3) is 0 Å². The van der Waals surface area contributed by atoms with Crippen LogP contribution < -0.4 is 0 Å². The maximum atomic E-state index is 10.4. The van der Waals surface area contributed by atoms with Gasteiger partial charge >= 0.3 is 5.97 Å². The molecule has 19 heavy (non-hydrogen) atoms. The number of hydrogen-bond donors (Lipinski definition) is 1. The minimum absolute atomic E-state index is 0.0556. The van der Waals surface area contributed by atoms with Gasteiger partial charge in [-0.2, -0.15) is 0 Å². The van der Waals surface area contributed by atoms with E-state index in [1.165, 1.54) is 6.92 Å². The molecule has 2 aliphatic rings. The van der Waals surface area contributed by atoms with Gasteiger partial charge in [-0.05, 0) is 37.8 Å². The van der Waals surface area contributed by atoms with Crippen LogP contribution in [0.4, 0.5) is 0 Å². The van der Waals surface area contributed by atoms with Gasteiger partial charge in [-0.15, -0.1) is 0 Å². The van der Waals surface area contributed by atoms with Crippen molar-refractivity contribution in [3.8, 4) is 0 Å². The largest absolute Gasteiger partial charge is 0.496 e. The Bertz CT molecular complexity index is 311. The second-order valence-electron chi connectivity index (χ2n) is 4.40. The van der Waals surface area contributed by atoms with E-state index in [1.807, 2.05) is 12.2 Å². The Morgan fingerprint density at radius 1 is 1.21 bits per heavy atom. The van der Waals surface area contributed by atoms with Gasteiger partial charge in [0, 0.05) is 6.92 Å². The fourth-order valence-corrected chi connectivity index (χ4v) is 1.64. The lowest BCUT2D eigenvalue weighted by molar-refractivity contribution is -0.144. The van der Waals surface area contributed by atoms with E-state index in [-0.39, 0.29) is 24.8 Å². The summed E-state index contributed by atoms with van der Waals surface area (Å²) in [6.45, 7) is 1.92. The Morgan fingerprint density at radius 2 is 1.79 bits per heavy atom. The number of esters is 1. The van der Waals surface area contributed by atoms with Gasteiger partial charge in [0.05, 0.1) is 19.1 Å². The molecule has 2 aliphatic heterocycles. The lowest BCUT2D eigenvalue weighted by Crippen LogP contribution is -2.20. The van der Waals surface area contributed by atoms with E-state index >= 15 is 0 Å². The Balaban J connectivity index is 0.000000200. The second kappa shape index (κ2) is 9.44. The molecule has 108 valence electrons. The first-order valence-corrected chi connectivity index (χ1v) is 6.57. The molecule has 1 N–H and O–H groups in total. The highest BCUT2D eigenvalue weighted by molar-refractivity contribution is 5.65. The Kier molecular flexibility index (Phi) is 7.74. The molecule has 0 fully saturated rings. The van der Waals surface area contributed by atoms with Crippen LogP contribution in [0, 0.1) is 0 Å². The number of carbonyl (C=O) groups is 1. The molecule has 5 heteroatoms. The minimum Gasteiger partial charge on any atom is -0.496 e. The molecule has 0 amide bonds. The van der Waals surface area contributed by atoms with Gasteiger partial charge < -0.3 is 19.3 Å². The second-order valence-corrected chi connectivity index (χ2v) is 4.40. The lowest BCUT2D eigenvalue weighted by atomic mass is 10.2. The molecule has 0 saturated heterocycles. The summed E-state index contributed by atoms with van der Waals surface area (Å²) in [7, 11) is 0. The minimum atomic E-state index is -0.247. The number of allylic oxidation sites excluding steroid dienone is 2. The number of hydrogen-bond acceptors (Lipinski definition) is 5. The zero-order valence-corrected chi connectivity index (χ0v) is 11.3. The SMILES string of the molecule is CC(=O)OCC1CCC=CO1.OCC1CCC=CO1. The molecule has 0 bridgehead atoms. The number of carbonyl (C=O) groups excluding carboxylic acids is 1. The number of rotatable bonds is 3. The Morgan fingerprint density at radius 3 is 2.16 bits per heavy atom. The van der Waals surface area contributed by atoms with Gasteiger partial charge in [-0.1, -0.05) is 0 Å². The van der Waals surface area contributed by atoms with E-state index in [2.05, 4.69) is 0 Å². The maximum Gasteiger partial charge on any atom is 0.302 e. The molecule has 0 radical (unpaired) electrons. The summed E-state index contributed by atoms with van der Waals surface area (Å²) >= 11 is 0. The molecule has 2 heterocycles. The van der Waals surface area contributed by atoms with Crippen molar-refractivity contribution in [1.82, 2.24) is 0 Å². The van der Waals surface area contributed by atoms with Crippen molar-refractivity contribution in [2.24, 2.45) is 0 Å². The van der Waals surface area contributed by atoms with Gasteiger partial charge in [-0.3, -0.25) is 4.79 Å². The van der Waals surface area contributed by atoms with Gasteiger partial charge in [0.1, 0.15) is 18.8 Å². The topological polar surface area (TPSA) is 65.0 Å². The van der Waals surface area contributed by atoms with Crippen molar-refractivity contribution >= 4 is 5.97 Å². The summed E-state index contributed by atoms with van der Waals surface area (Å²) in [5, 5.41) is 8.53. The first-order chi connectivity index (χ1) is 9.22. The van der Waals surface area contributed by atoms with Gasteiger partial charge in [0.25, 0.3) is 0 Å². The molecule has 2 rings (SSSR count). The number of ether oxygens (including phenoxy) is 3. The molecular weight excluding hydrogens is 248 g/mol. The van der Waals surface area contributed by atoms with Crippen LogP contribution in [-0.4, -0.2) is 36.5 Å². The van der Waals surface area contributed by atoms with Gasteiger partial charge in [0.2, 0.25) is 0 Å². The van der Waals surface area contributed by atoms with E-state index in [0.717, 1.165) is 25.7 Å². The third-order valence-corrected chi connectivity index (χ3v) is 2.72. The quantitative estimate of drug-likeness (QED) is 0.794. The van der Waals surface area contributed by atoms with Crippen LogP contribution in [0.2, 0.25) is 0 Å². The number of aliphatic hydroxyl groups excluding tert-OH is 1. The monoisotopic (exact) mass is 270 g/mol. The molecule has 5 nitrogen and oxygen atoms in total. The van der Waals surface area contributed by atoms with Crippen molar-refractivity contribution in [1.29, 1.82) is 0 Å². The third-order valence-electron chi connectivity index (χ3n) is 2.72. The summed E-state index contributed by atoms with van der Waals surface area (Å²) in [5.41, 5.74) is 0. The van der Waals surface area contributed by atoms with Crippen LogP contribution in [0.1, 0.15) is 32.6 Å². The average Bonchev–Trinajstić information content (AvgIpc) is 2.48. The van der Waals surface area contributed by atoms with Crippen LogP contribution in [0.15, 0.2) is 24.7 Å². The van der Waals surface area contributed by atoms with E-state index < -0.39 is 0 Å². The lowest BCUT2D eigenvalue weighted by Gasteiger charge is -2.18. The van der Waals surface area contributed by atoms with Gasteiger partial charge in [-0.25, -0.2) is 0 Å². The molecule has 0 aliphatic carbocycles. The summed E-state index contributed by atoms with van der Waals surface area (Å²) in [5.74, 6) is -0.247. The summed E-state index contributed by atoms with van der Waals surface area (Å²) < 4.78 is 15.0. The summed E-state index contributed by atoms with van der Waals surface area (Å²) in [6, 6.07) is 0. The van der Waals surface area contributed by atoms with Crippen molar-refractivity contribution in [3.05, 3.63) is 24.7 Å². The zero-order valence-electron chi connectivity index (χ0n) is 11.3. The molecule has 0 aromatic carbocycles. The first-order valence-electron chi connectivity index (χ1n) is 6.57. The van der Waals surface area contributed by atoms with Gasteiger partial charge in [0.15, 0.2) is 0 Å².